The van der Waals surface area contributed by atoms with Crippen LogP contribution in [0.4, 0.5) is 0 Å². The summed E-state index contributed by atoms with van der Waals surface area (Å²) in [5, 5.41) is 10.3. The van der Waals surface area contributed by atoms with Gasteiger partial charge in [-0.1, -0.05) is 72.2 Å². The topological polar surface area (TPSA) is 47.9 Å². The predicted molar refractivity (Wildman–Crippen MR) is 175 cm³/mol. The second-order valence-electron chi connectivity index (χ2n) is 15.2. The van der Waals surface area contributed by atoms with Crippen LogP contribution in [-0.4, -0.2) is 27.3 Å². The second-order valence-corrected chi connectivity index (χ2v) is 24.8. The molecule has 0 amide bonds. The zero-order valence-electron chi connectivity index (χ0n) is 27.7. The highest BCUT2D eigenvalue weighted by atomic mass is 28.4. The number of hydrogen-bond acceptors (Lipinski definition) is 4. The molecule has 226 valence electrons. The van der Waals surface area contributed by atoms with Crippen LogP contribution < -0.4 is 4.74 Å². The summed E-state index contributed by atoms with van der Waals surface area (Å²) in [6.07, 6.45) is 3.88. The smallest absolute Gasteiger partial charge is 0.192 e. The van der Waals surface area contributed by atoms with Gasteiger partial charge in [-0.3, -0.25) is 0 Å². The zero-order valence-corrected chi connectivity index (χ0v) is 29.7. The molecule has 2 aromatic rings. The molecule has 0 saturated carbocycles. The van der Waals surface area contributed by atoms with Crippen LogP contribution in [0.25, 0.3) is 0 Å². The number of hydrogen-bond donors (Lipinski definition) is 1. The van der Waals surface area contributed by atoms with Gasteiger partial charge in [0.2, 0.25) is 0 Å². The fourth-order valence-electron chi connectivity index (χ4n) is 3.84. The minimum absolute atomic E-state index is 0.158. The molecule has 0 saturated heterocycles. The highest BCUT2D eigenvalue weighted by Gasteiger charge is 2.38. The van der Waals surface area contributed by atoms with Gasteiger partial charge in [0.05, 0.1) is 18.8 Å². The molecule has 0 atom stereocenters. The molecule has 2 rings (SSSR count). The lowest BCUT2D eigenvalue weighted by molar-refractivity contribution is 0.0682. The first-order valence-corrected chi connectivity index (χ1v) is 20.8. The van der Waals surface area contributed by atoms with E-state index in [1.807, 2.05) is 19.9 Å². The number of benzene rings is 2. The molecule has 0 aliphatic carbocycles. The van der Waals surface area contributed by atoms with E-state index in [1.165, 1.54) is 16.7 Å². The van der Waals surface area contributed by atoms with Crippen molar-refractivity contribution in [3.8, 4) is 5.75 Å². The number of aliphatic hydroxyl groups is 1. The molecule has 4 nitrogen and oxygen atoms in total. The van der Waals surface area contributed by atoms with Gasteiger partial charge in [0.15, 0.2) is 16.6 Å². The predicted octanol–water partition coefficient (Wildman–Crippen LogP) is 9.79. The first-order chi connectivity index (χ1) is 18.2. The van der Waals surface area contributed by atoms with E-state index >= 15 is 0 Å². The molecular weight excluding hydrogens is 529 g/mol. The summed E-state index contributed by atoms with van der Waals surface area (Å²) in [6.45, 7) is 28.4. The van der Waals surface area contributed by atoms with Gasteiger partial charge in [-0.05, 0) is 110 Å². The van der Waals surface area contributed by atoms with Gasteiger partial charge in [0.1, 0.15) is 12.4 Å². The molecule has 0 heterocycles. The third-order valence-corrected chi connectivity index (χ3v) is 17.8. The van der Waals surface area contributed by atoms with E-state index in [0.717, 1.165) is 37.0 Å². The number of aryl methyl sites for hydroxylation is 1. The van der Waals surface area contributed by atoms with Gasteiger partial charge < -0.3 is 18.7 Å². The van der Waals surface area contributed by atoms with Crippen molar-refractivity contribution in [3.05, 3.63) is 64.7 Å². The van der Waals surface area contributed by atoms with Crippen LogP contribution in [0, 0.1) is 0 Å². The van der Waals surface area contributed by atoms with Crippen molar-refractivity contribution in [2.45, 2.75) is 143 Å². The molecule has 0 bridgehead atoms. The fraction of sp³-hybridized carbons (Fsp3) is 0.647. The zero-order chi connectivity index (χ0) is 30.4. The van der Waals surface area contributed by atoms with Gasteiger partial charge in [-0.15, -0.1) is 0 Å². The Morgan fingerprint density at radius 1 is 0.650 bits per heavy atom. The Morgan fingerprint density at radius 3 is 1.77 bits per heavy atom. The van der Waals surface area contributed by atoms with Crippen molar-refractivity contribution in [1.82, 2.24) is 0 Å². The highest BCUT2D eigenvalue weighted by molar-refractivity contribution is 6.74. The summed E-state index contributed by atoms with van der Waals surface area (Å²) in [5.41, 5.74) is 4.23. The molecule has 0 aliphatic heterocycles. The third-order valence-electron chi connectivity index (χ3n) is 8.87. The van der Waals surface area contributed by atoms with Crippen molar-refractivity contribution in [1.29, 1.82) is 0 Å². The van der Waals surface area contributed by atoms with E-state index in [1.54, 1.807) is 0 Å². The van der Waals surface area contributed by atoms with E-state index in [4.69, 9.17) is 13.6 Å². The van der Waals surface area contributed by atoms with Gasteiger partial charge in [-0.25, -0.2) is 0 Å². The average molecular weight is 587 g/mol. The summed E-state index contributed by atoms with van der Waals surface area (Å²) in [6, 6.07) is 15.0. The van der Waals surface area contributed by atoms with Crippen LogP contribution in [0.15, 0.2) is 42.5 Å². The Bertz CT molecular complexity index is 1070. The Hall–Kier alpha value is -1.45. The van der Waals surface area contributed by atoms with E-state index in [-0.39, 0.29) is 10.1 Å². The molecule has 0 aliphatic rings. The molecule has 40 heavy (non-hydrogen) atoms. The van der Waals surface area contributed by atoms with Gasteiger partial charge >= 0.3 is 0 Å². The van der Waals surface area contributed by atoms with Crippen LogP contribution in [0.2, 0.25) is 36.3 Å². The Morgan fingerprint density at radius 2 is 1.23 bits per heavy atom. The van der Waals surface area contributed by atoms with Crippen molar-refractivity contribution >= 4 is 16.6 Å². The summed E-state index contributed by atoms with van der Waals surface area (Å²) in [7, 11) is -3.77. The minimum Gasteiger partial charge on any atom is -0.489 e. The summed E-state index contributed by atoms with van der Waals surface area (Å²) >= 11 is 0. The fourth-order valence-corrected chi connectivity index (χ4v) is 5.74. The molecule has 1 N–H and O–H groups in total. The maximum atomic E-state index is 9.95. The van der Waals surface area contributed by atoms with Gasteiger partial charge in [-0.2, -0.15) is 0 Å². The third kappa shape index (κ3) is 11.1. The van der Waals surface area contributed by atoms with E-state index in [0.29, 0.717) is 19.8 Å². The number of ether oxygens (including phenoxy) is 1. The first-order valence-electron chi connectivity index (χ1n) is 15.0. The Balaban J connectivity index is 2.15. The van der Waals surface area contributed by atoms with Crippen LogP contribution in [0.3, 0.4) is 0 Å². The van der Waals surface area contributed by atoms with Crippen LogP contribution in [-0.2, 0) is 35.1 Å². The van der Waals surface area contributed by atoms with Crippen LogP contribution in [0.5, 0.6) is 5.75 Å². The molecule has 6 heteroatoms. The molecule has 0 unspecified atom stereocenters. The Labute approximate surface area is 248 Å². The standard InChI is InChI=1S/C34H58O4Si2/c1-32(2,3)39(9,10)37-25-29-20-19-28(22-30(29)26-38-40(11,12)33(4,5)6)24-36-31-18-15-17-27(23-31)16-13-14-21-34(7,8)35/h15,17-20,22-23,35H,13-14,16,21,24-26H2,1-12H3. The highest BCUT2D eigenvalue weighted by Crippen LogP contribution is 2.39. The van der Waals surface area contributed by atoms with E-state index in [2.05, 4.69) is 104 Å². The minimum atomic E-state index is -1.90. The maximum absolute atomic E-state index is 9.95. The Kier molecular flexibility index (Phi) is 11.9. The summed E-state index contributed by atoms with van der Waals surface area (Å²) in [4.78, 5) is 0. The maximum Gasteiger partial charge on any atom is 0.192 e. The molecule has 0 radical (unpaired) electrons. The molecule has 2 aromatic carbocycles. The SMILES string of the molecule is CC(C)(O)CCCCc1cccc(OCc2ccc(CO[Si](C)(C)C(C)(C)C)c(CO[Si](C)(C)C(C)(C)C)c2)c1. The lowest BCUT2D eigenvalue weighted by atomic mass is 9.99. The molecule has 0 aromatic heterocycles. The molecule has 0 fully saturated rings. The van der Waals surface area contributed by atoms with Crippen molar-refractivity contribution in [3.63, 3.8) is 0 Å². The molecular formula is C34H58O4Si2. The quantitative estimate of drug-likeness (QED) is 0.177. The lowest BCUT2D eigenvalue weighted by Crippen LogP contribution is -2.41. The monoisotopic (exact) mass is 586 g/mol. The number of rotatable bonds is 14. The normalized spacial score (nSPS) is 13.5. The van der Waals surface area contributed by atoms with Gasteiger partial charge in [0, 0.05) is 0 Å². The average Bonchev–Trinajstić information content (AvgIpc) is 2.81. The van der Waals surface area contributed by atoms with E-state index < -0.39 is 22.2 Å². The molecule has 0 spiro atoms. The summed E-state index contributed by atoms with van der Waals surface area (Å²) < 4.78 is 19.5. The van der Waals surface area contributed by atoms with Gasteiger partial charge in [0.25, 0.3) is 0 Å². The summed E-state index contributed by atoms with van der Waals surface area (Å²) in [5.74, 6) is 0.893. The number of unbranched alkanes of at least 4 members (excludes halogenated alkanes) is 1. The van der Waals surface area contributed by atoms with E-state index in [9.17, 15) is 5.11 Å². The second kappa shape index (κ2) is 13.7. The first kappa shape index (κ1) is 34.8. The van der Waals surface area contributed by atoms with Crippen molar-refractivity contribution in [2.24, 2.45) is 0 Å². The van der Waals surface area contributed by atoms with Crippen LogP contribution in [0.1, 0.15) is 96.9 Å². The lowest BCUT2D eigenvalue weighted by Gasteiger charge is -2.37. The van der Waals surface area contributed by atoms with Crippen molar-refractivity contribution in [2.75, 3.05) is 0 Å². The van der Waals surface area contributed by atoms with Crippen molar-refractivity contribution < 1.29 is 18.7 Å². The largest absolute Gasteiger partial charge is 0.489 e. The van der Waals surface area contributed by atoms with Crippen LogP contribution >= 0.6 is 0 Å².